The zero-order valence-corrected chi connectivity index (χ0v) is 12.6. The van der Waals surface area contributed by atoms with Gasteiger partial charge in [0.25, 0.3) is 0 Å². The quantitative estimate of drug-likeness (QED) is 0.668. The molecule has 0 amide bonds. The van der Waals surface area contributed by atoms with Crippen LogP contribution in [0.25, 0.3) is 0 Å². The molecule has 0 unspecified atom stereocenters. The van der Waals surface area contributed by atoms with Crippen LogP contribution in [0.2, 0.25) is 10.0 Å². The average molecular weight is 346 g/mol. The van der Waals surface area contributed by atoms with E-state index in [-0.39, 0.29) is 0 Å². The number of hydrogen-bond acceptors (Lipinski definition) is 1. The smallest absolute Gasteiger partial charge is 0.120 e. The van der Waals surface area contributed by atoms with Crippen LogP contribution in [0.4, 0.5) is 0 Å². The van der Waals surface area contributed by atoms with Crippen LogP contribution in [0, 0.1) is 0 Å². The minimum atomic E-state index is 0.432. The van der Waals surface area contributed by atoms with Crippen molar-refractivity contribution in [1.82, 2.24) is 0 Å². The molecular weight excluding hydrogens is 335 g/mol. The molecule has 0 aliphatic carbocycles. The summed E-state index contributed by atoms with van der Waals surface area (Å²) in [4.78, 5) is 0. The van der Waals surface area contributed by atoms with Gasteiger partial charge in [0.2, 0.25) is 0 Å². The lowest BCUT2D eigenvalue weighted by Gasteiger charge is -2.09. The summed E-state index contributed by atoms with van der Waals surface area (Å²) in [7, 11) is 0. The molecule has 0 atom stereocenters. The van der Waals surface area contributed by atoms with E-state index in [0.717, 1.165) is 16.6 Å². The van der Waals surface area contributed by atoms with E-state index >= 15 is 0 Å². The molecule has 0 spiro atoms. The average Bonchev–Trinajstić information content (AvgIpc) is 2.38. The lowest BCUT2D eigenvalue weighted by atomic mass is 10.2. The lowest BCUT2D eigenvalue weighted by Crippen LogP contribution is -1.96. The SMILES string of the molecule is Clc1ccc(COc2cccc(CBr)c2)c(Cl)c1. The third-order valence-corrected chi connectivity index (χ3v) is 3.70. The molecule has 0 fully saturated rings. The van der Waals surface area contributed by atoms with Crippen molar-refractivity contribution >= 4 is 39.1 Å². The first-order chi connectivity index (χ1) is 8.69. The molecular formula is C14H11BrCl2O. The Morgan fingerprint density at radius 2 is 1.89 bits per heavy atom. The molecule has 0 heterocycles. The maximum atomic E-state index is 6.08. The molecule has 0 bridgehead atoms. The van der Waals surface area contributed by atoms with Crippen molar-refractivity contribution in [3.05, 3.63) is 63.6 Å². The molecule has 1 nitrogen and oxygen atoms in total. The van der Waals surface area contributed by atoms with Crippen molar-refractivity contribution in [2.45, 2.75) is 11.9 Å². The summed E-state index contributed by atoms with van der Waals surface area (Å²) in [6.07, 6.45) is 0. The number of halogens is 3. The Balaban J connectivity index is 2.06. The number of alkyl halides is 1. The van der Waals surface area contributed by atoms with Crippen molar-refractivity contribution in [2.24, 2.45) is 0 Å². The van der Waals surface area contributed by atoms with Gasteiger partial charge in [0, 0.05) is 20.9 Å². The highest BCUT2D eigenvalue weighted by Gasteiger charge is 2.03. The molecule has 0 aliphatic heterocycles. The fourth-order valence-corrected chi connectivity index (χ4v) is 2.33. The van der Waals surface area contributed by atoms with Crippen molar-refractivity contribution in [2.75, 3.05) is 0 Å². The van der Waals surface area contributed by atoms with Gasteiger partial charge >= 0.3 is 0 Å². The van der Waals surface area contributed by atoms with Crippen LogP contribution in [-0.4, -0.2) is 0 Å². The molecule has 0 radical (unpaired) electrons. The van der Waals surface area contributed by atoms with E-state index in [1.165, 1.54) is 5.56 Å². The van der Waals surface area contributed by atoms with Gasteiger partial charge in [-0.25, -0.2) is 0 Å². The Kier molecular flexibility index (Phi) is 4.93. The second-order valence-corrected chi connectivity index (χ2v) is 5.21. The third-order valence-electron chi connectivity index (χ3n) is 2.46. The first kappa shape index (κ1) is 13.7. The predicted octanol–water partition coefficient (Wildman–Crippen LogP) is 5.47. The second kappa shape index (κ2) is 6.46. The van der Waals surface area contributed by atoms with E-state index in [1.807, 2.05) is 30.3 Å². The summed E-state index contributed by atoms with van der Waals surface area (Å²) in [5.41, 5.74) is 2.10. The van der Waals surface area contributed by atoms with Gasteiger partial charge < -0.3 is 4.74 Å². The molecule has 2 aromatic rings. The van der Waals surface area contributed by atoms with Gasteiger partial charge in [-0.2, -0.15) is 0 Å². The highest BCUT2D eigenvalue weighted by molar-refractivity contribution is 9.08. The van der Waals surface area contributed by atoms with E-state index in [1.54, 1.807) is 12.1 Å². The molecule has 0 saturated heterocycles. The summed E-state index contributed by atoms with van der Waals surface area (Å²) < 4.78 is 5.71. The predicted molar refractivity (Wildman–Crippen MR) is 79.9 cm³/mol. The Labute approximate surface area is 125 Å². The van der Waals surface area contributed by atoms with Gasteiger partial charge in [0.15, 0.2) is 0 Å². The Morgan fingerprint density at radius 1 is 1.06 bits per heavy atom. The third kappa shape index (κ3) is 3.64. The van der Waals surface area contributed by atoms with Crippen LogP contribution in [0.15, 0.2) is 42.5 Å². The summed E-state index contributed by atoms with van der Waals surface area (Å²) in [6.45, 7) is 0.432. The number of ether oxygens (including phenoxy) is 1. The van der Waals surface area contributed by atoms with Gasteiger partial charge in [0.05, 0.1) is 0 Å². The largest absolute Gasteiger partial charge is 0.489 e. The maximum Gasteiger partial charge on any atom is 0.120 e. The van der Waals surface area contributed by atoms with Crippen molar-refractivity contribution < 1.29 is 4.74 Å². The van der Waals surface area contributed by atoms with Crippen LogP contribution >= 0.6 is 39.1 Å². The monoisotopic (exact) mass is 344 g/mol. The van der Waals surface area contributed by atoms with Crippen LogP contribution < -0.4 is 4.74 Å². The van der Waals surface area contributed by atoms with Crippen molar-refractivity contribution in [1.29, 1.82) is 0 Å². The van der Waals surface area contributed by atoms with Gasteiger partial charge in [-0.15, -0.1) is 0 Å². The first-order valence-electron chi connectivity index (χ1n) is 5.40. The number of rotatable bonds is 4. The van der Waals surface area contributed by atoms with Crippen LogP contribution in [0.3, 0.4) is 0 Å². The zero-order chi connectivity index (χ0) is 13.0. The standard InChI is InChI=1S/C14H11BrCl2O/c15-8-10-2-1-3-13(6-10)18-9-11-4-5-12(16)7-14(11)17/h1-7H,8-9H2. The van der Waals surface area contributed by atoms with Crippen molar-refractivity contribution in [3.63, 3.8) is 0 Å². The minimum absolute atomic E-state index is 0.432. The maximum absolute atomic E-state index is 6.08. The Hall–Kier alpha value is -0.700. The number of benzene rings is 2. The minimum Gasteiger partial charge on any atom is -0.489 e. The van der Waals surface area contributed by atoms with Gasteiger partial charge in [-0.1, -0.05) is 57.3 Å². The molecule has 0 N–H and O–H groups in total. The molecule has 0 aliphatic rings. The van der Waals surface area contributed by atoms with E-state index < -0.39 is 0 Å². The summed E-state index contributed by atoms with van der Waals surface area (Å²) in [5, 5.41) is 2.07. The van der Waals surface area contributed by atoms with Gasteiger partial charge in [-0.3, -0.25) is 0 Å². The summed E-state index contributed by atoms with van der Waals surface area (Å²) >= 11 is 15.3. The molecule has 4 heteroatoms. The second-order valence-electron chi connectivity index (χ2n) is 3.81. The molecule has 18 heavy (non-hydrogen) atoms. The molecule has 0 saturated carbocycles. The van der Waals surface area contributed by atoms with E-state index in [9.17, 15) is 0 Å². The van der Waals surface area contributed by atoms with Crippen LogP contribution in [0.1, 0.15) is 11.1 Å². The Morgan fingerprint density at radius 3 is 2.61 bits per heavy atom. The lowest BCUT2D eigenvalue weighted by molar-refractivity contribution is 0.306. The van der Waals surface area contributed by atoms with E-state index in [0.29, 0.717) is 16.7 Å². The molecule has 2 aromatic carbocycles. The number of hydrogen-bond donors (Lipinski definition) is 0. The summed E-state index contributed by atoms with van der Waals surface area (Å²) in [5.74, 6) is 0.831. The fourth-order valence-electron chi connectivity index (χ4n) is 1.52. The Bertz CT molecular complexity index is 543. The fraction of sp³-hybridized carbons (Fsp3) is 0.143. The highest BCUT2D eigenvalue weighted by atomic mass is 79.9. The molecule has 94 valence electrons. The zero-order valence-electron chi connectivity index (χ0n) is 9.50. The highest BCUT2D eigenvalue weighted by Crippen LogP contribution is 2.23. The van der Waals surface area contributed by atoms with Crippen LogP contribution in [-0.2, 0) is 11.9 Å². The summed E-state index contributed by atoms with van der Waals surface area (Å²) in [6, 6.07) is 13.3. The topological polar surface area (TPSA) is 9.23 Å². The van der Waals surface area contributed by atoms with Gasteiger partial charge in [-0.05, 0) is 29.8 Å². The normalized spacial score (nSPS) is 10.4. The molecule has 2 rings (SSSR count). The molecule has 0 aromatic heterocycles. The first-order valence-corrected chi connectivity index (χ1v) is 7.28. The van der Waals surface area contributed by atoms with Gasteiger partial charge in [0.1, 0.15) is 12.4 Å². The van der Waals surface area contributed by atoms with Crippen molar-refractivity contribution in [3.8, 4) is 5.75 Å². The van der Waals surface area contributed by atoms with E-state index in [4.69, 9.17) is 27.9 Å². The van der Waals surface area contributed by atoms with E-state index in [2.05, 4.69) is 15.9 Å². The van der Waals surface area contributed by atoms with Crippen LogP contribution in [0.5, 0.6) is 5.75 Å².